The minimum absolute atomic E-state index is 0.233. The van der Waals surface area contributed by atoms with Gasteiger partial charge in [0.05, 0.1) is 12.3 Å². The molecule has 94 valence electrons. The lowest BCUT2D eigenvalue weighted by Crippen LogP contribution is -1.97. The van der Waals surface area contributed by atoms with Gasteiger partial charge in [-0.25, -0.2) is 4.39 Å². The van der Waals surface area contributed by atoms with Crippen LogP contribution in [0.1, 0.15) is 6.92 Å². The van der Waals surface area contributed by atoms with Gasteiger partial charge < -0.3 is 15.2 Å². The first kappa shape index (κ1) is 12.2. The molecule has 4 nitrogen and oxygen atoms in total. The van der Waals surface area contributed by atoms with E-state index in [1.54, 1.807) is 18.2 Å². The number of nitrogen functional groups attached to an aromatic ring is 1. The number of hydrogen-bond acceptors (Lipinski definition) is 4. The van der Waals surface area contributed by atoms with Gasteiger partial charge in [0.15, 0.2) is 5.75 Å². The van der Waals surface area contributed by atoms with E-state index in [4.69, 9.17) is 15.2 Å². The van der Waals surface area contributed by atoms with E-state index in [1.165, 1.54) is 18.2 Å². The smallest absolute Gasteiger partial charge is 0.222 e. The Kier molecular flexibility index (Phi) is 3.62. The van der Waals surface area contributed by atoms with Crippen molar-refractivity contribution in [2.24, 2.45) is 0 Å². The molecule has 1 heterocycles. The van der Waals surface area contributed by atoms with Gasteiger partial charge >= 0.3 is 0 Å². The summed E-state index contributed by atoms with van der Waals surface area (Å²) in [4.78, 5) is 4.11. The molecule has 0 saturated carbocycles. The Morgan fingerprint density at radius 3 is 2.78 bits per heavy atom. The van der Waals surface area contributed by atoms with E-state index >= 15 is 0 Å². The number of pyridine rings is 1. The van der Waals surface area contributed by atoms with Crippen molar-refractivity contribution in [1.82, 2.24) is 4.98 Å². The highest BCUT2D eigenvalue weighted by Crippen LogP contribution is 2.27. The number of rotatable bonds is 4. The van der Waals surface area contributed by atoms with Gasteiger partial charge in [0.1, 0.15) is 5.82 Å². The summed E-state index contributed by atoms with van der Waals surface area (Å²) >= 11 is 0. The van der Waals surface area contributed by atoms with Gasteiger partial charge in [-0.3, -0.25) is 0 Å². The molecule has 0 aliphatic rings. The lowest BCUT2D eigenvalue weighted by atomic mass is 10.3. The molecule has 0 aliphatic carbocycles. The number of ether oxygens (including phenoxy) is 2. The maximum Gasteiger partial charge on any atom is 0.222 e. The van der Waals surface area contributed by atoms with Gasteiger partial charge in [0.25, 0.3) is 0 Å². The first-order valence-corrected chi connectivity index (χ1v) is 5.52. The van der Waals surface area contributed by atoms with Gasteiger partial charge in [-0.2, -0.15) is 4.98 Å². The molecule has 0 amide bonds. The second kappa shape index (κ2) is 5.35. The van der Waals surface area contributed by atoms with Crippen LogP contribution in [-0.2, 0) is 0 Å². The molecule has 1 aromatic carbocycles. The SMILES string of the molecule is CCOc1cccc(Oc2cc(F)ccc2N)n1. The summed E-state index contributed by atoms with van der Waals surface area (Å²) in [6, 6.07) is 9.02. The first-order chi connectivity index (χ1) is 8.69. The van der Waals surface area contributed by atoms with E-state index in [0.717, 1.165) is 0 Å². The number of benzene rings is 1. The van der Waals surface area contributed by atoms with E-state index in [9.17, 15) is 4.39 Å². The van der Waals surface area contributed by atoms with Crippen LogP contribution in [0, 0.1) is 5.82 Å². The fourth-order valence-corrected chi connectivity index (χ4v) is 1.39. The molecule has 0 bridgehead atoms. The molecule has 2 N–H and O–H groups in total. The second-order valence-corrected chi connectivity index (χ2v) is 3.53. The van der Waals surface area contributed by atoms with E-state index in [-0.39, 0.29) is 5.75 Å². The van der Waals surface area contributed by atoms with Gasteiger partial charge in [-0.15, -0.1) is 0 Å². The fourth-order valence-electron chi connectivity index (χ4n) is 1.39. The van der Waals surface area contributed by atoms with Gasteiger partial charge in [0, 0.05) is 18.2 Å². The monoisotopic (exact) mass is 248 g/mol. The standard InChI is InChI=1S/C13H13FN2O2/c1-2-17-12-4-3-5-13(16-12)18-11-8-9(14)6-7-10(11)15/h3-8H,2,15H2,1H3. The van der Waals surface area contributed by atoms with E-state index < -0.39 is 5.82 Å². The molecule has 1 aromatic heterocycles. The Morgan fingerprint density at radius 2 is 2.00 bits per heavy atom. The lowest BCUT2D eigenvalue weighted by molar-refractivity contribution is 0.321. The molecular formula is C13H13FN2O2. The summed E-state index contributed by atoms with van der Waals surface area (Å²) in [5.41, 5.74) is 6.03. The molecule has 0 fully saturated rings. The van der Waals surface area contributed by atoms with Crippen LogP contribution in [0.15, 0.2) is 36.4 Å². The molecular weight excluding hydrogens is 235 g/mol. The fraction of sp³-hybridized carbons (Fsp3) is 0.154. The summed E-state index contributed by atoms with van der Waals surface area (Å²) in [5.74, 6) is 0.569. The van der Waals surface area contributed by atoms with Crippen LogP contribution in [0.5, 0.6) is 17.5 Å². The quantitative estimate of drug-likeness (QED) is 0.845. The Morgan fingerprint density at radius 1 is 1.22 bits per heavy atom. The number of nitrogens with zero attached hydrogens (tertiary/aromatic N) is 1. The van der Waals surface area contributed by atoms with Crippen molar-refractivity contribution in [3.8, 4) is 17.5 Å². The number of halogens is 1. The highest BCUT2D eigenvalue weighted by Gasteiger charge is 2.06. The van der Waals surface area contributed by atoms with Crippen LogP contribution >= 0.6 is 0 Å². The highest BCUT2D eigenvalue weighted by atomic mass is 19.1. The molecule has 0 atom stereocenters. The minimum atomic E-state index is -0.417. The maximum atomic E-state index is 13.1. The molecule has 0 unspecified atom stereocenters. The Bertz CT molecular complexity index is 546. The van der Waals surface area contributed by atoms with Crippen molar-refractivity contribution >= 4 is 5.69 Å². The van der Waals surface area contributed by atoms with Crippen LogP contribution in [0.2, 0.25) is 0 Å². The lowest BCUT2D eigenvalue weighted by Gasteiger charge is -2.08. The number of anilines is 1. The molecule has 0 aliphatic heterocycles. The van der Waals surface area contributed by atoms with Gasteiger partial charge in [0.2, 0.25) is 11.8 Å². The zero-order valence-electron chi connectivity index (χ0n) is 9.89. The Labute approximate surface area is 104 Å². The molecule has 0 radical (unpaired) electrons. The Hall–Kier alpha value is -2.30. The van der Waals surface area contributed by atoms with E-state index in [1.807, 2.05) is 6.92 Å². The van der Waals surface area contributed by atoms with Crippen molar-refractivity contribution in [3.05, 3.63) is 42.2 Å². The van der Waals surface area contributed by atoms with Crippen molar-refractivity contribution in [2.75, 3.05) is 12.3 Å². The van der Waals surface area contributed by atoms with Crippen LogP contribution in [-0.4, -0.2) is 11.6 Å². The van der Waals surface area contributed by atoms with Gasteiger partial charge in [-0.1, -0.05) is 6.07 Å². The molecule has 5 heteroatoms. The summed E-state index contributed by atoms with van der Waals surface area (Å²) in [6.45, 7) is 2.37. The average Bonchev–Trinajstić information content (AvgIpc) is 2.35. The topological polar surface area (TPSA) is 57.4 Å². The summed E-state index contributed by atoms with van der Waals surface area (Å²) in [7, 11) is 0. The molecule has 2 aromatic rings. The summed E-state index contributed by atoms with van der Waals surface area (Å²) < 4.78 is 23.7. The van der Waals surface area contributed by atoms with Crippen molar-refractivity contribution in [3.63, 3.8) is 0 Å². The number of hydrogen-bond donors (Lipinski definition) is 1. The van der Waals surface area contributed by atoms with Crippen LogP contribution < -0.4 is 15.2 Å². The molecule has 2 rings (SSSR count). The second-order valence-electron chi connectivity index (χ2n) is 3.53. The normalized spacial score (nSPS) is 10.1. The average molecular weight is 248 g/mol. The predicted octanol–water partition coefficient (Wildman–Crippen LogP) is 2.99. The molecule has 0 saturated heterocycles. The largest absolute Gasteiger partial charge is 0.478 e. The van der Waals surface area contributed by atoms with Gasteiger partial charge in [-0.05, 0) is 19.1 Å². The van der Waals surface area contributed by atoms with Crippen LogP contribution in [0.4, 0.5) is 10.1 Å². The molecule has 18 heavy (non-hydrogen) atoms. The highest BCUT2D eigenvalue weighted by molar-refractivity contribution is 5.53. The van der Waals surface area contributed by atoms with Crippen LogP contribution in [0.3, 0.4) is 0 Å². The third-order valence-corrected chi connectivity index (χ3v) is 2.18. The predicted molar refractivity (Wildman–Crippen MR) is 66.3 cm³/mol. The summed E-state index contributed by atoms with van der Waals surface area (Å²) in [5, 5.41) is 0. The third-order valence-electron chi connectivity index (χ3n) is 2.18. The first-order valence-electron chi connectivity index (χ1n) is 5.52. The van der Waals surface area contributed by atoms with Crippen LogP contribution in [0.25, 0.3) is 0 Å². The van der Waals surface area contributed by atoms with E-state index in [2.05, 4.69) is 4.98 Å². The van der Waals surface area contributed by atoms with Crippen molar-refractivity contribution < 1.29 is 13.9 Å². The molecule has 0 spiro atoms. The minimum Gasteiger partial charge on any atom is -0.478 e. The zero-order chi connectivity index (χ0) is 13.0. The Balaban J connectivity index is 2.22. The summed E-state index contributed by atoms with van der Waals surface area (Å²) in [6.07, 6.45) is 0. The number of nitrogens with two attached hydrogens (primary N) is 1. The van der Waals surface area contributed by atoms with Crippen molar-refractivity contribution in [2.45, 2.75) is 6.92 Å². The maximum absolute atomic E-state index is 13.1. The number of aromatic nitrogens is 1. The third kappa shape index (κ3) is 2.88. The van der Waals surface area contributed by atoms with Crippen molar-refractivity contribution in [1.29, 1.82) is 0 Å². The van der Waals surface area contributed by atoms with E-state index in [0.29, 0.717) is 24.1 Å². The zero-order valence-corrected chi connectivity index (χ0v) is 9.89.